The molecule has 0 saturated heterocycles. The first-order chi connectivity index (χ1) is 6.83. The Morgan fingerprint density at radius 2 is 2.14 bits per heavy atom. The molecule has 0 bridgehead atoms. The van der Waals surface area contributed by atoms with Crippen LogP contribution in [0.5, 0.6) is 0 Å². The van der Waals surface area contributed by atoms with E-state index in [2.05, 4.69) is 22.0 Å². The molecule has 76 valence electrons. The predicted octanol–water partition coefficient (Wildman–Crippen LogP) is 4.40. The third-order valence-electron chi connectivity index (χ3n) is 1.91. The van der Waals surface area contributed by atoms with Crippen molar-refractivity contribution in [3.63, 3.8) is 0 Å². The van der Waals surface area contributed by atoms with E-state index in [1.807, 2.05) is 12.1 Å². The van der Waals surface area contributed by atoms with E-state index in [-0.39, 0.29) is 5.82 Å². The lowest BCUT2D eigenvalue weighted by Gasteiger charge is -1.94. The molecule has 0 N–H and O–H groups in total. The van der Waals surface area contributed by atoms with Gasteiger partial charge >= 0.3 is 0 Å². The average Bonchev–Trinajstić information content (AvgIpc) is 2.18. The molecule has 0 aliphatic carbocycles. The third kappa shape index (κ3) is 4.56. The van der Waals surface area contributed by atoms with E-state index in [0.29, 0.717) is 0 Å². The SMILES string of the molecule is Fc1cccc(/C=C/CCCCBr)c1. The van der Waals surface area contributed by atoms with E-state index in [0.717, 1.165) is 17.3 Å². The number of halogens is 2. The van der Waals surface area contributed by atoms with Crippen LogP contribution in [0.1, 0.15) is 24.8 Å². The molecule has 0 aliphatic heterocycles. The summed E-state index contributed by atoms with van der Waals surface area (Å²) >= 11 is 3.38. The zero-order valence-electron chi connectivity index (χ0n) is 8.05. The lowest BCUT2D eigenvalue weighted by molar-refractivity contribution is 0.627. The zero-order chi connectivity index (χ0) is 10.2. The van der Waals surface area contributed by atoms with Crippen molar-refractivity contribution in [3.05, 3.63) is 41.7 Å². The Labute approximate surface area is 93.0 Å². The van der Waals surface area contributed by atoms with Gasteiger partial charge in [0.05, 0.1) is 0 Å². The van der Waals surface area contributed by atoms with Crippen LogP contribution in [0.25, 0.3) is 6.08 Å². The van der Waals surface area contributed by atoms with Gasteiger partial charge in [-0.1, -0.05) is 40.2 Å². The summed E-state index contributed by atoms with van der Waals surface area (Å²) in [5, 5.41) is 1.06. The highest BCUT2D eigenvalue weighted by Gasteiger charge is 1.89. The second-order valence-electron chi connectivity index (χ2n) is 3.14. The fourth-order valence-electron chi connectivity index (χ4n) is 1.19. The van der Waals surface area contributed by atoms with Crippen LogP contribution >= 0.6 is 15.9 Å². The molecule has 1 aromatic carbocycles. The topological polar surface area (TPSA) is 0 Å². The minimum Gasteiger partial charge on any atom is -0.207 e. The normalized spacial score (nSPS) is 11.0. The van der Waals surface area contributed by atoms with Crippen LogP contribution in [-0.4, -0.2) is 5.33 Å². The fraction of sp³-hybridized carbons (Fsp3) is 0.333. The highest BCUT2D eigenvalue weighted by molar-refractivity contribution is 9.09. The summed E-state index contributed by atoms with van der Waals surface area (Å²) in [6.07, 6.45) is 7.49. The molecule has 0 unspecified atom stereocenters. The Bertz CT molecular complexity index is 294. The quantitative estimate of drug-likeness (QED) is 0.541. The molecule has 0 atom stereocenters. The van der Waals surface area contributed by atoms with Crippen LogP contribution in [0.4, 0.5) is 4.39 Å². The second-order valence-corrected chi connectivity index (χ2v) is 3.94. The van der Waals surface area contributed by atoms with Gasteiger partial charge in [0.25, 0.3) is 0 Å². The summed E-state index contributed by atoms with van der Waals surface area (Å²) in [5.41, 5.74) is 0.934. The molecule has 14 heavy (non-hydrogen) atoms. The number of hydrogen-bond donors (Lipinski definition) is 0. The predicted molar refractivity (Wildman–Crippen MR) is 63.1 cm³/mol. The molecule has 0 fully saturated rings. The maximum Gasteiger partial charge on any atom is 0.123 e. The number of benzene rings is 1. The monoisotopic (exact) mass is 256 g/mol. The maximum absolute atomic E-state index is 12.8. The standard InChI is InChI=1S/C12H14BrF/c13-9-4-2-1-3-6-11-7-5-8-12(14)10-11/h3,5-8,10H,1-2,4,9H2/b6-3+. The van der Waals surface area contributed by atoms with E-state index in [4.69, 9.17) is 0 Å². The summed E-state index contributed by atoms with van der Waals surface area (Å²) in [7, 11) is 0. The molecule has 0 spiro atoms. The Kier molecular flexibility index (Phi) is 5.53. The molecular formula is C12H14BrF. The Morgan fingerprint density at radius 1 is 1.29 bits per heavy atom. The van der Waals surface area contributed by atoms with E-state index >= 15 is 0 Å². The van der Waals surface area contributed by atoms with Crippen LogP contribution in [-0.2, 0) is 0 Å². The van der Waals surface area contributed by atoms with Gasteiger partial charge in [-0.15, -0.1) is 0 Å². The summed E-state index contributed by atoms with van der Waals surface area (Å²) in [6.45, 7) is 0. The van der Waals surface area contributed by atoms with E-state index in [1.165, 1.54) is 18.9 Å². The van der Waals surface area contributed by atoms with Crippen LogP contribution in [0.15, 0.2) is 30.3 Å². The molecule has 0 nitrogen and oxygen atoms in total. The van der Waals surface area contributed by atoms with Crippen LogP contribution < -0.4 is 0 Å². The highest BCUT2D eigenvalue weighted by Crippen LogP contribution is 2.07. The van der Waals surface area contributed by atoms with Gasteiger partial charge in [-0.2, -0.15) is 0 Å². The lowest BCUT2D eigenvalue weighted by Crippen LogP contribution is -1.76. The van der Waals surface area contributed by atoms with Crippen molar-refractivity contribution in [1.29, 1.82) is 0 Å². The highest BCUT2D eigenvalue weighted by atomic mass is 79.9. The van der Waals surface area contributed by atoms with E-state index < -0.39 is 0 Å². The van der Waals surface area contributed by atoms with Gasteiger partial charge in [0.15, 0.2) is 0 Å². The number of hydrogen-bond acceptors (Lipinski definition) is 0. The van der Waals surface area contributed by atoms with Crippen molar-refractivity contribution < 1.29 is 4.39 Å². The number of alkyl halides is 1. The van der Waals surface area contributed by atoms with Crippen LogP contribution in [0.2, 0.25) is 0 Å². The molecule has 1 aromatic rings. The van der Waals surface area contributed by atoms with Crippen molar-refractivity contribution in [2.24, 2.45) is 0 Å². The molecule has 2 heteroatoms. The first kappa shape index (κ1) is 11.4. The van der Waals surface area contributed by atoms with Crippen molar-refractivity contribution >= 4 is 22.0 Å². The van der Waals surface area contributed by atoms with Crippen LogP contribution in [0, 0.1) is 5.82 Å². The summed E-state index contributed by atoms with van der Waals surface area (Å²) in [5.74, 6) is -0.174. The van der Waals surface area contributed by atoms with Crippen molar-refractivity contribution in [2.75, 3.05) is 5.33 Å². The van der Waals surface area contributed by atoms with Crippen molar-refractivity contribution in [2.45, 2.75) is 19.3 Å². The molecule has 0 aromatic heterocycles. The molecule has 0 saturated carbocycles. The molecule has 0 heterocycles. The van der Waals surface area contributed by atoms with Gasteiger partial charge in [0, 0.05) is 5.33 Å². The lowest BCUT2D eigenvalue weighted by atomic mass is 10.1. The zero-order valence-corrected chi connectivity index (χ0v) is 9.63. The Morgan fingerprint density at radius 3 is 2.86 bits per heavy atom. The maximum atomic E-state index is 12.8. The largest absolute Gasteiger partial charge is 0.207 e. The Balaban J connectivity index is 2.36. The Hall–Kier alpha value is -0.630. The van der Waals surface area contributed by atoms with E-state index in [1.54, 1.807) is 12.1 Å². The molecular weight excluding hydrogens is 243 g/mol. The molecule has 1 rings (SSSR count). The first-order valence-electron chi connectivity index (χ1n) is 4.81. The fourth-order valence-corrected chi connectivity index (χ4v) is 1.58. The third-order valence-corrected chi connectivity index (χ3v) is 2.47. The molecule has 0 aliphatic rings. The molecule has 0 amide bonds. The average molecular weight is 257 g/mol. The number of unbranched alkanes of at least 4 members (excludes halogenated alkanes) is 2. The second kappa shape index (κ2) is 6.77. The minimum atomic E-state index is -0.174. The number of allylic oxidation sites excluding steroid dienone is 1. The summed E-state index contributed by atoms with van der Waals surface area (Å²) < 4.78 is 12.8. The molecule has 0 radical (unpaired) electrons. The van der Waals surface area contributed by atoms with Crippen molar-refractivity contribution in [3.8, 4) is 0 Å². The van der Waals surface area contributed by atoms with E-state index in [9.17, 15) is 4.39 Å². The number of rotatable bonds is 5. The first-order valence-corrected chi connectivity index (χ1v) is 5.93. The summed E-state index contributed by atoms with van der Waals surface area (Å²) in [4.78, 5) is 0. The van der Waals surface area contributed by atoms with Gasteiger partial charge in [0.1, 0.15) is 5.82 Å². The van der Waals surface area contributed by atoms with Gasteiger partial charge < -0.3 is 0 Å². The van der Waals surface area contributed by atoms with Gasteiger partial charge in [0.2, 0.25) is 0 Å². The van der Waals surface area contributed by atoms with Gasteiger partial charge in [-0.25, -0.2) is 4.39 Å². The van der Waals surface area contributed by atoms with Crippen LogP contribution in [0.3, 0.4) is 0 Å². The smallest absolute Gasteiger partial charge is 0.123 e. The van der Waals surface area contributed by atoms with Gasteiger partial charge in [-0.3, -0.25) is 0 Å². The van der Waals surface area contributed by atoms with Gasteiger partial charge in [-0.05, 0) is 37.0 Å². The minimum absolute atomic E-state index is 0.174. The summed E-state index contributed by atoms with van der Waals surface area (Å²) in [6, 6.07) is 6.64. The van der Waals surface area contributed by atoms with Crippen molar-refractivity contribution in [1.82, 2.24) is 0 Å².